The third-order valence-corrected chi connectivity index (χ3v) is 18.0. The summed E-state index contributed by atoms with van der Waals surface area (Å²) >= 11 is 0. The molecule has 3 aliphatic rings. The van der Waals surface area contributed by atoms with Crippen molar-refractivity contribution in [1.29, 1.82) is 0 Å². The topological polar surface area (TPSA) is 54.0 Å². The van der Waals surface area contributed by atoms with E-state index < -0.39 is 22.2 Å². The molecule has 2 bridgehead atoms. The van der Waals surface area contributed by atoms with E-state index in [0.717, 1.165) is 5.56 Å². The largest absolute Gasteiger partial charge is 0.469 e. The van der Waals surface area contributed by atoms with Crippen LogP contribution in [0.5, 0.6) is 0 Å². The summed E-state index contributed by atoms with van der Waals surface area (Å²) in [5.41, 5.74) is 0.321. The highest BCUT2D eigenvalue weighted by atomic mass is 28.4. The molecule has 1 aromatic rings. The van der Waals surface area contributed by atoms with Crippen LogP contribution in [-0.4, -0.2) is 47.5 Å². The third kappa shape index (κ3) is 5.75. The lowest BCUT2D eigenvalue weighted by molar-refractivity contribution is -0.195. The summed E-state index contributed by atoms with van der Waals surface area (Å²) in [7, 11) is -2.92. The van der Waals surface area contributed by atoms with Crippen molar-refractivity contribution in [3.8, 4) is 0 Å². The van der Waals surface area contributed by atoms with Crippen LogP contribution >= 0.6 is 0 Å². The van der Waals surface area contributed by atoms with E-state index in [2.05, 4.69) is 92.0 Å². The molecule has 3 aliphatic carbocycles. The Kier molecular flexibility index (Phi) is 8.25. The minimum atomic E-state index is -2.20. The van der Waals surface area contributed by atoms with E-state index in [-0.39, 0.29) is 40.1 Å². The smallest absolute Gasteiger partial charge is 0.309 e. The number of ether oxygens (including phenoxy) is 2. The molecule has 5 unspecified atom stereocenters. The molecule has 0 heterocycles. The first-order valence-corrected chi connectivity index (χ1v) is 19.1. The highest BCUT2D eigenvalue weighted by Gasteiger charge is 2.62. The summed E-state index contributed by atoms with van der Waals surface area (Å²) in [5.74, 6) is -0.639. The molecule has 4 rings (SSSR count). The fourth-order valence-electron chi connectivity index (χ4n) is 4.68. The van der Waals surface area contributed by atoms with E-state index in [0.29, 0.717) is 13.0 Å². The van der Waals surface area contributed by atoms with Crippen LogP contribution in [-0.2, 0) is 29.7 Å². The van der Waals surface area contributed by atoms with Gasteiger partial charge < -0.3 is 18.3 Å². The number of methoxy groups -OCH3 is 1. The van der Waals surface area contributed by atoms with Crippen LogP contribution in [0.25, 0.3) is 0 Å². The fraction of sp³-hybridized carbons (Fsp3) is 0.690. The van der Waals surface area contributed by atoms with Crippen LogP contribution in [0, 0.1) is 11.8 Å². The van der Waals surface area contributed by atoms with Crippen molar-refractivity contribution >= 4 is 22.6 Å². The summed E-state index contributed by atoms with van der Waals surface area (Å²) in [6.07, 6.45) is 4.25. The molecule has 5 atom stereocenters. The molecule has 0 radical (unpaired) electrons. The standard InChI is InChI=1S/C29H48O5Si2/c1-27(2,3)35(8,9)33-24-22-17-18-29(19-23(22)26(30)31-7,32-20-21-15-13-12-14-16-21)25(24)34-36(10,11)28(4,5)6/h12-18,22-25H,19-20H2,1-11H3. The Morgan fingerprint density at radius 1 is 0.944 bits per heavy atom. The Morgan fingerprint density at radius 2 is 1.50 bits per heavy atom. The van der Waals surface area contributed by atoms with Crippen LogP contribution < -0.4 is 0 Å². The number of hydrogen-bond acceptors (Lipinski definition) is 5. The SMILES string of the molecule is COC(=O)C1CC2(OCc3ccccc3)C=CC1C(O[Si](C)(C)C(C)(C)C)C2O[Si](C)(C)C(C)(C)C. The zero-order valence-corrected chi connectivity index (χ0v) is 26.3. The molecule has 36 heavy (non-hydrogen) atoms. The van der Waals surface area contributed by atoms with E-state index in [9.17, 15) is 4.79 Å². The zero-order chi connectivity index (χ0) is 27.2. The van der Waals surface area contributed by atoms with Crippen molar-refractivity contribution in [3.05, 3.63) is 48.0 Å². The maximum atomic E-state index is 13.0. The predicted octanol–water partition coefficient (Wildman–Crippen LogP) is 7.10. The van der Waals surface area contributed by atoms with Crippen LogP contribution in [0.3, 0.4) is 0 Å². The van der Waals surface area contributed by atoms with Gasteiger partial charge in [-0.2, -0.15) is 0 Å². The number of hydrogen-bond donors (Lipinski definition) is 0. The molecule has 202 valence electrons. The van der Waals surface area contributed by atoms with E-state index in [1.54, 1.807) is 0 Å². The van der Waals surface area contributed by atoms with Gasteiger partial charge in [0.1, 0.15) is 11.7 Å². The first kappa shape index (κ1) is 29.3. The van der Waals surface area contributed by atoms with Gasteiger partial charge in [-0.15, -0.1) is 0 Å². The summed E-state index contributed by atoms with van der Waals surface area (Å²) in [6, 6.07) is 10.2. The summed E-state index contributed by atoms with van der Waals surface area (Å²) < 4.78 is 26.4. The van der Waals surface area contributed by atoms with E-state index in [1.165, 1.54) is 7.11 Å². The van der Waals surface area contributed by atoms with E-state index in [4.69, 9.17) is 18.3 Å². The van der Waals surface area contributed by atoms with Crippen molar-refractivity contribution in [1.82, 2.24) is 0 Å². The van der Waals surface area contributed by atoms with Crippen LogP contribution in [0.4, 0.5) is 0 Å². The second kappa shape index (κ2) is 10.1. The summed E-state index contributed by atoms with van der Waals surface area (Å²) in [4.78, 5) is 13.0. The Balaban J connectivity index is 2.10. The van der Waals surface area contributed by atoms with Gasteiger partial charge in [0, 0.05) is 5.92 Å². The molecule has 1 saturated carbocycles. The van der Waals surface area contributed by atoms with Crippen molar-refractivity contribution in [2.24, 2.45) is 11.8 Å². The maximum absolute atomic E-state index is 13.0. The molecule has 0 amide bonds. The molecule has 0 saturated heterocycles. The lowest BCUT2D eigenvalue weighted by atomic mass is 9.63. The number of carbonyl (C=O) groups excluding carboxylic acids is 1. The third-order valence-electron chi connectivity index (χ3n) is 9.08. The van der Waals surface area contributed by atoms with Gasteiger partial charge in [-0.25, -0.2) is 0 Å². The molecule has 0 aromatic heterocycles. The second-order valence-electron chi connectivity index (χ2n) is 13.6. The van der Waals surface area contributed by atoms with Gasteiger partial charge in [-0.1, -0.05) is 84.0 Å². The molecule has 0 spiro atoms. The van der Waals surface area contributed by atoms with Crippen LogP contribution in [0.2, 0.25) is 36.3 Å². The Labute approximate surface area is 221 Å². The highest BCUT2D eigenvalue weighted by Crippen LogP contribution is 2.53. The quantitative estimate of drug-likeness (QED) is 0.203. The highest BCUT2D eigenvalue weighted by molar-refractivity contribution is 6.74. The van der Waals surface area contributed by atoms with Crippen molar-refractivity contribution in [2.75, 3.05) is 7.11 Å². The van der Waals surface area contributed by atoms with Crippen molar-refractivity contribution in [2.45, 2.75) is 109 Å². The number of fused-ring (bicyclic) bond motifs is 2. The van der Waals surface area contributed by atoms with Crippen LogP contribution in [0.1, 0.15) is 53.5 Å². The molecule has 5 nitrogen and oxygen atoms in total. The zero-order valence-electron chi connectivity index (χ0n) is 24.3. The molecular formula is C29H48O5Si2. The lowest BCUT2D eigenvalue weighted by Gasteiger charge is -2.58. The van der Waals surface area contributed by atoms with Gasteiger partial charge in [0.25, 0.3) is 0 Å². The summed E-state index contributed by atoms with van der Waals surface area (Å²) in [5, 5.41) is 0.0467. The van der Waals surface area contributed by atoms with Crippen molar-refractivity contribution < 1.29 is 23.1 Å². The second-order valence-corrected chi connectivity index (χ2v) is 23.2. The minimum Gasteiger partial charge on any atom is -0.469 e. The van der Waals surface area contributed by atoms with E-state index >= 15 is 0 Å². The molecule has 0 N–H and O–H groups in total. The Morgan fingerprint density at radius 3 is 2.03 bits per heavy atom. The average molecular weight is 533 g/mol. The molecule has 1 fully saturated rings. The first-order valence-electron chi connectivity index (χ1n) is 13.2. The van der Waals surface area contributed by atoms with Gasteiger partial charge in [0.2, 0.25) is 0 Å². The van der Waals surface area contributed by atoms with E-state index in [1.807, 2.05) is 18.2 Å². The van der Waals surface area contributed by atoms with Crippen LogP contribution in [0.15, 0.2) is 42.5 Å². The normalized spacial score (nSPS) is 28.9. The fourth-order valence-corrected chi connectivity index (χ4v) is 7.31. The number of esters is 1. The maximum Gasteiger partial charge on any atom is 0.309 e. The minimum absolute atomic E-state index is 0.0216. The monoisotopic (exact) mass is 532 g/mol. The van der Waals surface area contributed by atoms with Gasteiger partial charge in [-0.3, -0.25) is 4.79 Å². The number of carbonyl (C=O) groups is 1. The van der Waals surface area contributed by atoms with Gasteiger partial charge in [-0.05, 0) is 48.2 Å². The van der Waals surface area contributed by atoms with Gasteiger partial charge in [0.15, 0.2) is 16.6 Å². The Bertz CT molecular complexity index is 945. The summed E-state index contributed by atoms with van der Waals surface area (Å²) in [6.45, 7) is 23.1. The Hall–Kier alpha value is -1.26. The lowest BCUT2D eigenvalue weighted by Crippen LogP contribution is -2.68. The van der Waals surface area contributed by atoms with Gasteiger partial charge >= 0.3 is 5.97 Å². The molecule has 0 aliphatic heterocycles. The predicted molar refractivity (Wildman–Crippen MR) is 151 cm³/mol. The first-order chi connectivity index (χ1) is 16.4. The average Bonchev–Trinajstić information content (AvgIpc) is 2.78. The molecule has 7 heteroatoms. The number of benzene rings is 1. The molecule has 1 aromatic carbocycles. The molecular weight excluding hydrogens is 484 g/mol. The van der Waals surface area contributed by atoms with Gasteiger partial charge in [0.05, 0.1) is 25.7 Å². The number of rotatable bonds is 8. The van der Waals surface area contributed by atoms with Crippen molar-refractivity contribution in [3.63, 3.8) is 0 Å².